The molecule has 1 rings (SSSR count). The number of hydrogen-bond donors (Lipinski definition) is 0. The summed E-state index contributed by atoms with van der Waals surface area (Å²) in [5, 5.41) is 0. The van der Waals surface area contributed by atoms with Crippen LogP contribution < -0.4 is 23.6 Å². The molecule has 0 amide bonds. The Kier molecular flexibility index (Phi) is 4.96. The van der Waals surface area contributed by atoms with Gasteiger partial charge < -0.3 is 4.74 Å². The minimum atomic E-state index is -0.953. The number of rotatable bonds is 2. The van der Waals surface area contributed by atoms with Crippen molar-refractivity contribution in [3.63, 3.8) is 0 Å². The van der Waals surface area contributed by atoms with Crippen LogP contribution in [0.15, 0.2) is 12.1 Å². The van der Waals surface area contributed by atoms with Gasteiger partial charge in [-0.25, -0.2) is 4.39 Å². The Labute approximate surface area is 81.9 Å². The van der Waals surface area contributed by atoms with Crippen LogP contribution in [0.3, 0.4) is 0 Å². The summed E-state index contributed by atoms with van der Waals surface area (Å²) >= 11 is 0. The summed E-state index contributed by atoms with van der Waals surface area (Å²) in [7, 11) is 0. The quantitative estimate of drug-likeness (QED) is 0.409. The van der Waals surface area contributed by atoms with E-state index in [0.29, 0.717) is 6.61 Å². The molecule has 0 heterocycles. The van der Waals surface area contributed by atoms with E-state index < -0.39 is 11.6 Å². The minimum absolute atomic E-state index is 0. The van der Waals surface area contributed by atoms with E-state index in [4.69, 9.17) is 4.74 Å². The molecule has 0 aliphatic rings. The van der Waals surface area contributed by atoms with Crippen LogP contribution in [0, 0.1) is 17.7 Å². The molecule has 1 aromatic carbocycles. The predicted molar refractivity (Wildman–Crippen MR) is 36.4 cm³/mol. The van der Waals surface area contributed by atoms with E-state index in [-0.39, 0.29) is 24.6 Å². The third-order valence-electron chi connectivity index (χ3n) is 1.15. The fourth-order valence-electron chi connectivity index (χ4n) is 0.695. The van der Waals surface area contributed by atoms with Crippen LogP contribution in [0.4, 0.5) is 8.78 Å². The molecule has 0 saturated heterocycles. The van der Waals surface area contributed by atoms with Gasteiger partial charge in [-0.3, -0.25) is 4.39 Å². The first-order valence-electron chi connectivity index (χ1n) is 3.23. The summed E-state index contributed by atoms with van der Waals surface area (Å²) < 4.78 is 29.9. The van der Waals surface area contributed by atoms with Gasteiger partial charge in [0.15, 0.2) is 0 Å². The van der Waals surface area contributed by atoms with Crippen LogP contribution in [-0.2, 0) is 0 Å². The van der Waals surface area contributed by atoms with Gasteiger partial charge in [0.25, 0.3) is 0 Å². The van der Waals surface area contributed by atoms with Crippen molar-refractivity contribution in [2.45, 2.75) is 6.92 Å². The summed E-state index contributed by atoms with van der Waals surface area (Å²) in [4.78, 5) is 0. The Morgan fingerprint density at radius 3 is 2.67 bits per heavy atom. The Morgan fingerprint density at radius 2 is 2.08 bits per heavy atom. The van der Waals surface area contributed by atoms with E-state index in [1.807, 2.05) is 0 Å². The first kappa shape index (κ1) is 11.5. The maximum Gasteiger partial charge on any atom is 1.00 e. The molecule has 1 aromatic rings. The summed E-state index contributed by atoms with van der Waals surface area (Å²) in [5.74, 6) is -1.98. The third-order valence-corrected chi connectivity index (χ3v) is 1.15. The number of hydrogen-bond acceptors (Lipinski definition) is 1. The van der Waals surface area contributed by atoms with E-state index in [9.17, 15) is 8.78 Å². The second-order valence-electron chi connectivity index (χ2n) is 1.91. The van der Waals surface area contributed by atoms with Crippen LogP contribution in [0.2, 0.25) is 0 Å². The van der Waals surface area contributed by atoms with E-state index in [2.05, 4.69) is 6.07 Å². The Morgan fingerprint density at radius 1 is 1.42 bits per heavy atom. The van der Waals surface area contributed by atoms with Gasteiger partial charge in [-0.2, -0.15) is 6.07 Å². The summed E-state index contributed by atoms with van der Waals surface area (Å²) in [6.07, 6.45) is 0. The van der Waals surface area contributed by atoms with Gasteiger partial charge in [-0.15, -0.1) is 12.1 Å². The molecule has 0 aromatic heterocycles. The van der Waals surface area contributed by atoms with E-state index >= 15 is 0 Å². The van der Waals surface area contributed by atoms with Crippen LogP contribution in [-0.4, -0.2) is 6.61 Å². The van der Waals surface area contributed by atoms with Crippen LogP contribution in [0.25, 0.3) is 0 Å². The zero-order valence-electron chi connectivity index (χ0n) is 7.03. The van der Waals surface area contributed by atoms with Crippen LogP contribution in [0.1, 0.15) is 6.92 Å². The van der Waals surface area contributed by atoms with Gasteiger partial charge in [-0.1, -0.05) is 0 Å². The zero-order valence-corrected chi connectivity index (χ0v) is 7.03. The topological polar surface area (TPSA) is 9.23 Å². The molecule has 0 aliphatic heterocycles. The average molecular weight is 164 g/mol. The van der Waals surface area contributed by atoms with Gasteiger partial charge in [0.1, 0.15) is 0 Å². The van der Waals surface area contributed by atoms with Gasteiger partial charge in [0.05, 0.1) is 12.4 Å². The molecule has 1 nitrogen and oxygen atoms in total. The summed E-state index contributed by atoms with van der Waals surface area (Å²) in [6, 6.07) is 4.61. The normalized spacial score (nSPS) is 8.92. The third kappa shape index (κ3) is 2.51. The SMILES string of the molecule is CCOc1c[c-]cc(F)c1F.[Li+]. The van der Waals surface area contributed by atoms with Crippen LogP contribution in [0.5, 0.6) is 5.75 Å². The predicted octanol–water partition coefficient (Wildman–Crippen LogP) is -0.832. The van der Waals surface area contributed by atoms with Crippen molar-refractivity contribution in [2.24, 2.45) is 0 Å². The number of halogens is 2. The fraction of sp³-hybridized carbons (Fsp3) is 0.250. The smallest absolute Gasteiger partial charge is 0.548 e. The van der Waals surface area contributed by atoms with Crippen molar-refractivity contribution in [1.82, 2.24) is 0 Å². The van der Waals surface area contributed by atoms with Gasteiger partial charge in [-0.05, 0) is 6.92 Å². The van der Waals surface area contributed by atoms with Crippen molar-refractivity contribution in [3.05, 3.63) is 29.8 Å². The molecule has 0 saturated carbocycles. The Bertz CT molecular complexity index is 253. The average Bonchev–Trinajstić information content (AvgIpc) is 1.99. The van der Waals surface area contributed by atoms with Crippen molar-refractivity contribution in [3.8, 4) is 5.75 Å². The Balaban J connectivity index is 0.00000121. The molecule has 60 valence electrons. The molecule has 0 aliphatic carbocycles. The fourth-order valence-corrected chi connectivity index (χ4v) is 0.695. The minimum Gasteiger partial charge on any atom is -0.548 e. The largest absolute Gasteiger partial charge is 1.00 e. The molecular weight excluding hydrogens is 157 g/mol. The second kappa shape index (κ2) is 5.18. The molecule has 0 fully saturated rings. The number of benzene rings is 1. The van der Waals surface area contributed by atoms with Gasteiger partial charge in [0.2, 0.25) is 0 Å². The summed E-state index contributed by atoms with van der Waals surface area (Å²) in [6.45, 7) is 2.01. The molecule has 12 heavy (non-hydrogen) atoms. The zero-order chi connectivity index (χ0) is 8.27. The maximum atomic E-state index is 12.7. The molecule has 0 N–H and O–H groups in total. The standard InChI is InChI=1S/C8H7F2O.Li/c1-2-11-7-5-3-4-6(9)8(7)10;/h4-5H,2H2,1H3;/q-1;+1. The molecule has 0 radical (unpaired) electrons. The molecule has 0 bridgehead atoms. The maximum absolute atomic E-state index is 12.7. The van der Waals surface area contributed by atoms with Gasteiger partial charge in [0, 0.05) is 11.6 Å². The molecule has 0 spiro atoms. The van der Waals surface area contributed by atoms with Gasteiger partial charge >= 0.3 is 18.9 Å². The number of ether oxygens (including phenoxy) is 1. The van der Waals surface area contributed by atoms with E-state index in [0.717, 1.165) is 6.07 Å². The van der Waals surface area contributed by atoms with Crippen molar-refractivity contribution in [2.75, 3.05) is 6.61 Å². The second-order valence-corrected chi connectivity index (χ2v) is 1.91. The van der Waals surface area contributed by atoms with Crippen LogP contribution >= 0.6 is 0 Å². The van der Waals surface area contributed by atoms with Crippen molar-refractivity contribution in [1.29, 1.82) is 0 Å². The monoisotopic (exact) mass is 164 g/mol. The Hall–Kier alpha value is -0.523. The summed E-state index contributed by atoms with van der Waals surface area (Å²) in [5.41, 5.74) is 0. The van der Waals surface area contributed by atoms with E-state index in [1.165, 1.54) is 6.07 Å². The van der Waals surface area contributed by atoms with Crippen molar-refractivity contribution >= 4 is 0 Å². The van der Waals surface area contributed by atoms with Crippen molar-refractivity contribution < 1.29 is 32.4 Å². The first-order chi connectivity index (χ1) is 5.25. The first-order valence-corrected chi connectivity index (χ1v) is 3.23. The molecule has 0 atom stereocenters. The van der Waals surface area contributed by atoms with E-state index in [1.54, 1.807) is 6.92 Å². The molecule has 4 heteroatoms. The molecule has 0 unspecified atom stereocenters. The molecular formula is C8H7F2LiO.